The molecule has 0 bridgehead atoms. The number of carbonyl (C=O) groups is 2. The predicted octanol–water partition coefficient (Wildman–Crippen LogP) is -0.557. The molecule has 1 heterocycles. The average molecular weight is 301 g/mol. The first kappa shape index (κ1) is 14.4. The molecule has 2 amide bonds. The average Bonchev–Trinajstić information content (AvgIpc) is 2.32. The summed E-state index contributed by atoms with van der Waals surface area (Å²) in [6.45, 7) is 0.827. The number of benzene rings is 1. The van der Waals surface area contributed by atoms with Gasteiger partial charge in [-0.1, -0.05) is 0 Å². The van der Waals surface area contributed by atoms with Gasteiger partial charge in [0.05, 0.1) is 11.4 Å². The van der Waals surface area contributed by atoms with Gasteiger partial charge in [0.25, 0.3) is 0 Å². The van der Waals surface area contributed by atoms with Gasteiger partial charge in [0, 0.05) is 5.69 Å². The van der Waals surface area contributed by atoms with Gasteiger partial charge in [-0.15, -0.1) is 0 Å². The Morgan fingerprint density at radius 1 is 1.35 bits per heavy atom. The maximum absolute atomic E-state index is 13.3. The van der Waals surface area contributed by atoms with E-state index in [0.29, 0.717) is 4.31 Å². The monoisotopic (exact) mass is 301 g/mol. The molecule has 108 valence electrons. The quantitative estimate of drug-likeness (QED) is 0.562. The van der Waals surface area contributed by atoms with Gasteiger partial charge >= 0.3 is 0 Å². The lowest BCUT2D eigenvalue weighted by Crippen LogP contribution is -2.58. The summed E-state index contributed by atoms with van der Waals surface area (Å²) < 4.78 is 38.7. The molecular formula is C11H12FN3O4S. The second-order valence-electron chi connectivity index (χ2n) is 4.36. The number of nitrogens with zero attached hydrogens (tertiary/aromatic N) is 1. The summed E-state index contributed by atoms with van der Waals surface area (Å²) in [4.78, 5) is 22.4. The van der Waals surface area contributed by atoms with E-state index in [2.05, 4.69) is 0 Å². The normalized spacial score (nSPS) is 20.8. The number of imide groups is 1. The summed E-state index contributed by atoms with van der Waals surface area (Å²) in [7, 11) is -4.19. The molecule has 1 saturated heterocycles. The summed E-state index contributed by atoms with van der Waals surface area (Å²) in [5.74, 6) is -2.28. The van der Waals surface area contributed by atoms with Crippen LogP contribution in [0.3, 0.4) is 0 Å². The van der Waals surface area contributed by atoms with Crippen LogP contribution in [0.4, 0.5) is 10.1 Å². The SMILES string of the molecule is CC1C(=O)NC(=O)CN1S(=O)(=O)c1cc(N)cc(F)c1. The van der Waals surface area contributed by atoms with Crippen molar-refractivity contribution in [3.05, 3.63) is 24.0 Å². The second kappa shape index (κ2) is 4.84. The largest absolute Gasteiger partial charge is 0.399 e. The zero-order valence-electron chi connectivity index (χ0n) is 10.5. The summed E-state index contributed by atoms with van der Waals surface area (Å²) in [5, 5.41) is 2.02. The fraction of sp³-hybridized carbons (Fsp3) is 0.273. The Morgan fingerprint density at radius 2 is 2.00 bits per heavy atom. The molecule has 0 saturated carbocycles. The van der Waals surface area contributed by atoms with E-state index >= 15 is 0 Å². The minimum absolute atomic E-state index is 0.0657. The Morgan fingerprint density at radius 3 is 2.60 bits per heavy atom. The molecule has 1 aromatic carbocycles. The number of rotatable bonds is 2. The number of halogens is 1. The molecule has 1 aromatic rings. The van der Waals surface area contributed by atoms with Crippen molar-refractivity contribution in [2.75, 3.05) is 12.3 Å². The highest BCUT2D eigenvalue weighted by molar-refractivity contribution is 7.89. The zero-order chi connectivity index (χ0) is 15.1. The van der Waals surface area contributed by atoms with Gasteiger partial charge in [0.15, 0.2) is 0 Å². The van der Waals surface area contributed by atoms with E-state index in [1.165, 1.54) is 6.92 Å². The maximum atomic E-state index is 13.3. The lowest BCUT2D eigenvalue weighted by atomic mass is 10.2. The van der Waals surface area contributed by atoms with E-state index in [4.69, 9.17) is 5.73 Å². The smallest absolute Gasteiger partial charge is 0.244 e. The molecule has 0 radical (unpaired) electrons. The molecule has 1 atom stereocenters. The number of nitrogens with two attached hydrogens (primary N) is 1. The van der Waals surface area contributed by atoms with Crippen LogP contribution in [0.5, 0.6) is 0 Å². The molecule has 3 N–H and O–H groups in total. The van der Waals surface area contributed by atoms with Crippen molar-refractivity contribution < 1.29 is 22.4 Å². The lowest BCUT2D eigenvalue weighted by Gasteiger charge is -2.30. The van der Waals surface area contributed by atoms with Crippen LogP contribution < -0.4 is 11.1 Å². The summed E-state index contributed by atoms with van der Waals surface area (Å²) in [6.07, 6.45) is 0. The number of carbonyl (C=O) groups excluding carboxylic acids is 2. The number of amides is 2. The van der Waals surface area contributed by atoms with Crippen molar-refractivity contribution in [1.29, 1.82) is 0 Å². The summed E-state index contributed by atoms with van der Waals surface area (Å²) in [5.41, 5.74) is 5.34. The van der Waals surface area contributed by atoms with E-state index in [1.807, 2.05) is 5.32 Å². The molecule has 1 aliphatic heterocycles. The van der Waals surface area contributed by atoms with Gasteiger partial charge in [0.1, 0.15) is 11.9 Å². The first-order valence-corrected chi connectivity index (χ1v) is 7.07. The Balaban J connectivity index is 2.48. The van der Waals surface area contributed by atoms with E-state index in [1.54, 1.807) is 0 Å². The minimum atomic E-state index is -4.19. The molecule has 9 heteroatoms. The first-order valence-electron chi connectivity index (χ1n) is 5.63. The highest BCUT2D eigenvalue weighted by atomic mass is 32.2. The fourth-order valence-corrected chi connectivity index (χ4v) is 3.47. The first-order chi connectivity index (χ1) is 9.21. The Bertz CT molecular complexity index is 669. The third-order valence-corrected chi connectivity index (χ3v) is 4.77. The van der Waals surface area contributed by atoms with Gasteiger partial charge < -0.3 is 5.73 Å². The van der Waals surface area contributed by atoms with E-state index in [9.17, 15) is 22.4 Å². The molecule has 0 spiro atoms. The molecule has 7 nitrogen and oxygen atoms in total. The fourth-order valence-electron chi connectivity index (χ4n) is 1.85. The highest BCUT2D eigenvalue weighted by Crippen LogP contribution is 2.22. The van der Waals surface area contributed by atoms with Gasteiger partial charge in [-0.05, 0) is 25.1 Å². The van der Waals surface area contributed by atoms with Gasteiger partial charge in [-0.3, -0.25) is 14.9 Å². The van der Waals surface area contributed by atoms with Crippen molar-refractivity contribution in [2.24, 2.45) is 0 Å². The molecule has 2 rings (SSSR count). The van der Waals surface area contributed by atoms with Crippen molar-refractivity contribution >= 4 is 27.5 Å². The molecule has 1 aliphatic rings. The van der Waals surface area contributed by atoms with Crippen LogP contribution >= 0.6 is 0 Å². The van der Waals surface area contributed by atoms with E-state index in [-0.39, 0.29) is 5.69 Å². The molecule has 1 fully saturated rings. The highest BCUT2D eigenvalue weighted by Gasteiger charge is 2.39. The number of anilines is 1. The topological polar surface area (TPSA) is 110 Å². The second-order valence-corrected chi connectivity index (χ2v) is 6.25. The van der Waals surface area contributed by atoms with Crippen molar-refractivity contribution in [2.45, 2.75) is 17.9 Å². The van der Waals surface area contributed by atoms with Gasteiger partial charge in [-0.2, -0.15) is 4.31 Å². The standard InChI is InChI=1S/C11H12FN3O4S/c1-6-11(17)14-10(16)5-15(6)20(18,19)9-3-7(12)2-8(13)4-9/h2-4,6H,5,13H2,1H3,(H,14,16,17). The molecule has 0 aromatic heterocycles. The third kappa shape index (κ3) is 2.49. The number of hydrogen-bond donors (Lipinski definition) is 2. The number of piperazine rings is 1. The Hall–Kier alpha value is -2.00. The van der Waals surface area contributed by atoms with Crippen molar-refractivity contribution in [3.63, 3.8) is 0 Å². The number of sulfonamides is 1. The van der Waals surface area contributed by atoms with Crippen LogP contribution in [0.1, 0.15) is 6.92 Å². The van der Waals surface area contributed by atoms with Crippen LogP contribution in [0.2, 0.25) is 0 Å². The lowest BCUT2D eigenvalue weighted by molar-refractivity contribution is -0.136. The minimum Gasteiger partial charge on any atom is -0.399 e. The molecule has 20 heavy (non-hydrogen) atoms. The molecule has 0 aliphatic carbocycles. The van der Waals surface area contributed by atoms with Crippen molar-refractivity contribution in [3.8, 4) is 0 Å². The number of nitrogen functional groups attached to an aromatic ring is 1. The van der Waals surface area contributed by atoms with Crippen LogP contribution in [0.15, 0.2) is 23.1 Å². The van der Waals surface area contributed by atoms with Gasteiger partial charge in [-0.25, -0.2) is 12.8 Å². The zero-order valence-corrected chi connectivity index (χ0v) is 11.3. The number of hydrogen-bond acceptors (Lipinski definition) is 5. The van der Waals surface area contributed by atoms with Crippen molar-refractivity contribution in [1.82, 2.24) is 9.62 Å². The predicted molar refractivity (Wildman–Crippen MR) is 67.3 cm³/mol. The third-order valence-electron chi connectivity index (χ3n) is 2.87. The van der Waals surface area contributed by atoms with Crippen LogP contribution in [-0.2, 0) is 19.6 Å². The van der Waals surface area contributed by atoms with E-state index < -0.39 is 45.1 Å². The molecule has 1 unspecified atom stereocenters. The Kier molecular flexibility index (Phi) is 3.48. The summed E-state index contributed by atoms with van der Waals surface area (Å²) in [6, 6.07) is 1.76. The van der Waals surface area contributed by atoms with E-state index in [0.717, 1.165) is 18.2 Å². The maximum Gasteiger partial charge on any atom is 0.244 e. The molecular weight excluding hydrogens is 289 g/mol. The van der Waals surface area contributed by atoms with Crippen LogP contribution in [0.25, 0.3) is 0 Å². The van der Waals surface area contributed by atoms with Crippen LogP contribution in [-0.4, -0.2) is 37.1 Å². The van der Waals surface area contributed by atoms with Crippen LogP contribution in [0, 0.1) is 5.82 Å². The number of nitrogens with one attached hydrogen (secondary N) is 1. The summed E-state index contributed by atoms with van der Waals surface area (Å²) >= 11 is 0. The Labute approximate surface area is 114 Å². The van der Waals surface area contributed by atoms with Gasteiger partial charge in [0.2, 0.25) is 21.8 Å².